The monoisotopic (exact) mass is 319 g/mol. The van der Waals surface area contributed by atoms with Crippen molar-refractivity contribution in [3.8, 4) is 0 Å². The van der Waals surface area contributed by atoms with Gasteiger partial charge >= 0.3 is 0 Å². The zero-order valence-corrected chi connectivity index (χ0v) is 14.4. The number of carbonyl (C=O) groups excluding carboxylic acids is 2. The molecule has 5 heteroatoms. The van der Waals surface area contributed by atoms with Crippen LogP contribution in [-0.4, -0.2) is 31.4 Å². The molecule has 1 aromatic rings. The van der Waals surface area contributed by atoms with Crippen LogP contribution >= 0.6 is 0 Å². The van der Waals surface area contributed by atoms with E-state index in [0.29, 0.717) is 13.0 Å². The maximum absolute atomic E-state index is 12.4. The van der Waals surface area contributed by atoms with Crippen molar-refractivity contribution in [1.29, 1.82) is 0 Å². The Bertz CT molecular complexity index is 474. The predicted octanol–water partition coefficient (Wildman–Crippen LogP) is 2.01. The van der Waals surface area contributed by atoms with Crippen LogP contribution in [0.15, 0.2) is 30.3 Å². The fourth-order valence-electron chi connectivity index (χ4n) is 2.21. The van der Waals surface area contributed by atoms with Gasteiger partial charge < -0.3 is 16.0 Å². The summed E-state index contributed by atoms with van der Waals surface area (Å²) in [6.07, 6.45) is 1.47. The smallest absolute Gasteiger partial charge is 0.247 e. The van der Waals surface area contributed by atoms with E-state index in [0.717, 1.165) is 25.1 Å². The summed E-state index contributed by atoms with van der Waals surface area (Å²) in [7, 11) is 0. The molecule has 5 nitrogen and oxygen atoms in total. The van der Waals surface area contributed by atoms with Gasteiger partial charge in [-0.25, -0.2) is 0 Å². The average Bonchev–Trinajstić information content (AvgIpc) is 2.52. The van der Waals surface area contributed by atoms with E-state index >= 15 is 0 Å². The first-order valence-electron chi connectivity index (χ1n) is 8.37. The van der Waals surface area contributed by atoms with Gasteiger partial charge in [-0.3, -0.25) is 9.59 Å². The summed E-state index contributed by atoms with van der Waals surface area (Å²) < 4.78 is 0. The minimum Gasteiger partial charge on any atom is -0.353 e. The highest BCUT2D eigenvalue weighted by Crippen LogP contribution is 2.13. The van der Waals surface area contributed by atoms with Gasteiger partial charge in [-0.05, 0) is 24.4 Å². The molecule has 0 spiro atoms. The molecule has 23 heavy (non-hydrogen) atoms. The van der Waals surface area contributed by atoms with Crippen molar-refractivity contribution >= 4 is 11.8 Å². The Balaban J connectivity index is 2.64. The van der Waals surface area contributed by atoms with Gasteiger partial charge in [0.1, 0.15) is 6.04 Å². The molecule has 128 valence electrons. The van der Waals surface area contributed by atoms with E-state index in [4.69, 9.17) is 0 Å². The fraction of sp³-hybridized carbons (Fsp3) is 0.556. The Hall–Kier alpha value is -1.88. The SMILES string of the molecule is CCCNCCNC(=O)C(NC(=O)CC(C)C)c1ccccc1. The van der Waals surface area contributed by atoms with Gasteiger partial charge in [-0.15, -0.1) is 0 Å². The maximum atomic E-state index is 12.4. The Kier molecular flexibility index (Phi) is 8.98. The highest BCUT2D eigenvalue weighted by Gasteiger charge is 2.22. The lowest BCUT2D eigenvalue weighted by molar-refractivity contribution is -0.129. The predicted molar refractivity (Wildman–Crippen MR) is 93.0 cm³/mol. The molecule has 0 bridgehead atoms. The largest absolute Gasteiger partial charge is 0.353 e. The number of amides is 2. The van der Waals surface area contributed by atoms with E-state index in [1.807, 2.05) is 44.2 Å². The van der Waals surface area contributed by atoms with Crippen LogP contribution in [0.3, 0.4) is 0 Å². The van der Waals surface area contributed by atoms with Crippen molar-refractivity contribution in [3.05, 3.63) is 35.9 Å². The van der Waals surface area contributed by atoms with E-state index < -0.39 is 6.04 Å². The van der Waals surface area contributed by atoms with Crippen LogP contribution in [0, 0.1) is 5.92 Å². The summed E-state index contributed by atoms with van der Waals surface area (Å²) in [6.45, 7) is 8.26. The van der Waals surface area contributed by atoms with E-state index in [1.54, 1.807) is 0 Å². The molecule has 1 unspecified atom stereocenters. The first-order valence-corrected chi connectivity index (χ1v) is 8.37. The van der Waals surface area contributed by atoms with Crippen molar-refractivity contribution < 1.29 is 9.59 Å². The van der Waals surface area contributed by atoms with Crippen LogP contribution in [0.25, 0.3) is 0 Å². The standard InChI is InChI=1S/C18H29N3O2/c1-4-10-19-11-12-20-18(23)17(15-8-6-5-7-9-15)21-16(22)13-14(2)3/h5-9,14,17,19H,4,10-13H2,1-3H3,(H,20,23)(H,21,22). The molecule has 0 aliphatic rings. The third kappa shape index (κ3) is 7.79. The number of nitrogens with one attached hydrogen (secondary N) is 3. The fourth-order valence-corrected chi connectivity index (χ4v) is 2.21. The molecule has 1 rings (SSSR count). The molecule has 0 saturated carbocycles. The number of benzene rings is 1. The van der Waals surface area contributed by atoms with Crippen molar-refractivity contribution in [1.82, 2.24) is 16.0 Å². The Morgan fingerprint density at radius 2 is 1.74 bits per heavy atom. The van der Waals surface area contributed by atoms with Crippen molar-refractivity contribution in [3.63, 3.8) is 0 Å². The average molecular weight is 319 g/mol. The molecule has 0 fully saturated rings. The molecule has 0 saturated heterocycles. The summed E-state index contributed by atoms with van der Waals surface area (Å²) in [6, 6.07) is 8.70. The van der Waals surface area contributed by atoms with Crippen molar-refractivity contribution in [2.75, 3.05) is 19.6 Å². The summed E-state index contributed by atoms with van der Waals surface area (Å²) in [5, 5.41) is 8.96. The topological polar surface area (TPSA) is 70.2 Å². The lowest BCUT2D eigenvalue weighted by atomic mass is 10.0. The summed E-state index contributed by atoms with van der Waals surface area (Å²) in [4.78, 5) is 24.5. The second kappa shape index (κ2) is 10.8. The number of hydrogen-bond acceptors (Lipinski definition) is 3. The third-order valence-electron chi connectivity index (χ3n) is 3.32. The number of carbonyl (C=O) groups is 2. The quantitative estimate of drug-likeness (QED) is 0.578. The molecule has 1 aromatic carbocycles. The van der Waals surface area contributed by atoms with Crippen LogP contribution in [0.1, 0.15) is 45.2 Å². The lowest BCUT2D eigenvalue weighted by Gasteiger charge is -2.19. The molecule has 2 amide bonds. The van der Waals surface area contributed by atoms with Gasteiger partial charge in [0.05, 0.1) is 0 Å². The molecular formula is C18H29N3O2. The van der Waals surface area contributed by atoms with Gasteiger partial charge in [0, 0.05) is 19.5 Å². The number of hydrogen-bond donors (Lipinski definition) is 3. The second-order valence-corrected chi connectivity index (χ2v) is 6.05. The summed E-state index contributed by atoms with van der Waals surface area (Å²) in [5.41, 5.74) is 0.795. The molecule has 0 heterocycles. The molecule has 1 atom stereocenters. The van der Waals surface area contributed by atoms with Crippen molar-refractivity contribution in [2.24, 2.45) is 5.92 Å². The van der Waals surface area contributed by atoms with Gasteiger partial charge in [0.2, 0.25) is 11.8 Å². The van der Waals surface area contributed by atoms with Gasteiger partial charge in [0.25, 0.3) is 0 Å². The van der Waals surface area contributed by atoms with Gasteiger partial charge in [0.15, 0.2) is 0 Å². The van der Waals surface area contributed by atoms with E-state index in [2.05, 4.69) is 22.9 Å². The van der Waals surface area contributed by atoms with E-state index in [9.17, 15) is 9.59 Å². The molecule has 0 aliphatic heterocycles. The second-order valence-electron chi connectivity index (χ2n) is 6.05. The van der Waals surface area contributed by atoms with E-state index in [-0.39, 0.29) is 17.7 Å². The Morgan fingerprint density at radius 3 is 2.35 bits per heavy atom. The highest BCUT2D eigenvalue weighted by atomic mass is 16.2. The summed E-state index contributed by atoms with van der Waals surface area (Å²) in [5.74, 6) is -0.0209. The number of rotatable bonds is 10. The third-order valence-corrected chi connectivity index (χ3v) is 3.32. The van der Waals surface area contributed by atoms with Crippen LogP contribution < -0.4 is 16.0 Å². The minimum absolute atomic E-state index is 0.104. The molecule has 0 radical (unpaired) electrons. The summed E-state index contributed by atoms with van der Waals surface area (Å²) >= 11 is 0. The Morgan fingerprint density at radius 1 is 1.04 bits per heavy atom. The highest BCUT2D eigenvalue weighted by molar-refractivity contribution is 5.88. The first kappa shape index (κ1) is 19.2. The van der Waals surface area contributed by atoms with E-state index in [1.165, 1.54) is 0 Å². The molecule has 3 N–H and O–H groups in total. The van der Waals surface area contributed by atoms with Gasteiger partial charge in [-0.2, -0.15) is 0 Å². The van der Waals surface area contributed by atoms with Crippen LogP contribution in [-0.2, 0) is 9.59 Å². The first-order chi connectivity index (χ1) is 11.0. The van der Waals surface area contributed by atoms with Crippen molar-refractivity contribution in [2.45, 2.75) is 39.7 Å². The van der Waals surface area contributed by atoms with Crippen LogP contribution in [0.4, 0.5) is 0 Å². The minimum atomic E-state index is -0.645. The molecular weight excluding hydrogens is 290 g/mol. The molecule has 0 aliphatic carbocycles. The van der Waals surface area contributed by atoms with Crippen LogP contribution in [0.5, 0.6) is 0 Å². The molecule has 0 aromatic heterocycles. The normalized spacial score (nSPS) is 12.0. The van der Waals surface area contributed by atoms with Crippen LogP contribution in [0.2, 0.25) is 0 Å². The maximum Gasteiger partial charge on any atom is 0.247 e. The van der Waals surface area contributed by atoms with Gasteiger partial charge in [-0.1, -0.05) is 51.1 Å². The lowest BCUT2D eigenvalue weighted by Crippen LogP contribution is -2.42. The zero-order chi connectivity index (χ0) is 17.1. The zero-order valence-electron chi connectivity index (χ0n) is 14.4. The Labute approximate surface area is 139 Å².